The predicted octanol–water partition coefficient (Wildman–Crippen LogP) is 12.2. The van der Waals surface area contributed by atoms with Gasteiger partial charge in [0.25, 0.3) is 0 Å². The van der Waals surface area contributed by atoms with E-state index in [1.54, 1.807) is 0 Å². The van der Waals surface area contributed by atoms with E-state index in [-0.39, 0.29) is 12.0 Å². The Kier molecular flexibility index (Phi) is 6.95. The van der Waals surface area contributed by atoms with E-state index in [9.17, 15) is 0 Å². The van der Waals surface area contributed by atoms with Crippen LogP contribution in [-0.2, 0) is 0 Å². The SMILES string of the molecule is C1=CC2c3c(cccc3-c3nc(-c4cccc(-c5ccccc5)c4)nc(-n4c5ccccc5c5ccccc54)n3)OC2c2c1n(-c1ccccc1)c1ccccc21. The molecule has 0 radical (unpaired) electrons. The van der Waals surface area contributed by atoms with Crippen LogP contribution in [0.1, 0.15) is 28.8 Å². The smallest absolute Gasteiger partial charge is 0.238 e. The van der Waals surface area contributed by atoms with Gasteiger partial charge in [0.05, 0.1) is 22.2 Å². The van der Waals surface area contributed by atoms with Crippen molar-refractivity contribution < 1.29 is 4.74 Å². The molecule has 6 nitrogen and oxygen atoms in total. The van der Waals surface area contributed by atoms with Crippen molar-refractivity contribution in [2.24, 2.45) is 0 Å². The van der Waals surface area contributed by atoms with Gasteiger partial charge in [-0.3, -0.25) is 4.57 Å². The second-order valence-corrected chi connectivity index (χ2v) is 14.7. The summed E-state index contributed by atoms with van der Waals surface area (Å²) in [6, 6.07) is 61.3. The first-order chi connectivity index (χ1) is 28.3. The molecule has 0 saturated carbocycles. The van der Waals surface area contributed by atoms with Crippen molar-refractivity contribution in [2.75, 3.05) is 0 Å². The first kappa shape index (κ1) is 31.7. The summed E-state index contributed by atoms with van der Waals surface area (Å²) in [4.78, 5) is 15.9. The Morgan fingerprint density at radius 1 is 0.456 bits per heavy atom. The summed E-state index contributed by atoms with van der Waals surface area (Å²) in [6.07, 6.45) is 4.37. The van der Waals surface area contributed by atoms with Crippen molar-refractivity contribution in [3.8, 4) is 51.3 Å². The van der Waals surface area contributed by atoms with E-state index in [1.165, 1.54) is 10.9 Å². The van der Waals surface area contributed by atoms with Gasteiger partial charge in [-0.15, -0.1) is 0 Å². The zero-order valence-electron chi connectivity index (χ0n) is 30.7. The molecule has 1 aliphatic heterocycles. The maximum absolute atomic E-state index is 7.01. The maximum atomic E-state index is 7.01. The number of nitrogens with zero attached hydrogens (tertiary/aromatic N) is 5. The molecule has 2 unspecified atom stereocenters. The number of hydrogen-bond donors (Lipinski definition) is 0. The van der Waals surface area contributed by atoms with Crippen LogP contribution in [0.5, 0.6) is 5.75 Å². The third kappa shape index (κ3) is 4.87. The summed E-state index contributed by atoms with van der Waals surface area (Å²) in [5, 5.41) is 3.49. The fourth-order valence-electron chi connectivity index (χ4n) is 9.10. The highest BCUT2D eigenvalue weighted by Crippen LogP contribution is 2.55. The van der Waals surface area contributed by atoms with Gasteiger partial charge in [-0.2, -0.15) is 9.97 Å². The Morgan fingerprint density at radius 2 is 1.05 bits per heavy atom. The molecular weight excluding hydrogens is 699 g/mol. The van der Waals surface area contributed by atoms with Crippen molar-refractivity contribution in [1.82, 2.24) is 24.1 Å². The first-order valence-corrected chi connectivity index (χ1v) is 19.4. The molecule has 268 valence electrons. The molecule has 2 aliphatic rings. The van der Waals surface area contributed by atoms with E-state index in [1.807, 2.05) is 6.07 Å². The van der Waals surface area contributed by atoms with Crippen LogP contribution in [0, 0.1) is 0 Å². The quantitative estimate of drug-likeness (QED) is 0.177. The second-order valence-electron chi connectivity index (χ2n) is 14.7. The largest absolute Gasteiger partial charge is 0.484 e. The highest BCUT2D eigenvalue weighted by atomic mass is 16.5. The Morgan fingerprint density at radius 3 is 1.81 bits per heavy atom. The summed E-state index contributed by atoms with van der Waals surface area (Å²) in [7, 11) is 0. The molecule has 0 bridgehead atoms. The van der Waals surface area contributed by atoms with Crippen LogP contribution in [0.2, 0.25) is 0 Å². The normalized spacial score (nSPS) is 15.4. The minimum atomic E-state index is -0.211. The van der Waals surface area contributed by atoms with E-state index in [0.717, 1.165) is 72.3 Å². The molecule has 12 rings (SSSR count). The van der Waals surface area contributed by atoms with E-state index in [0.29, 0.717) is 17.6 Å². The van der Waals surface area contributed by atoms with Gasteiger partial charge in [-0.1, -0.05) is 140 Å². The lowest BCUT2D eigenvalue weighted by atomic mass is 9.83. The highest BCUT2D eigenvalue weighted by Gasteiger charge is 2.42. The number of ether oxygens (including phenoxy) is 1. The third-order valence-corrected chi connectivity index (χ3v) is 11.6. The molecule has 10 aromatic rings. The fourth-order valence-corrected chi connectivity index (χ4v) is 9.10. The Labute approximate surface area is 328 Å². The van der Waals surface area contributed by atoms with E-state index in [2.05, 4.69) is 191 Å². The number of fused-ring (bicyclic) bond motifs is 10. The van der Waals surface area contributed by atoms with Gasteiger partial charge in [0.15, 0.2) is 11.6 Å². The Hall–Kier alpha value is -7.57. The van der Waals surface area contributed by atoms with Gasteiger partial charge < -0.3 is 9.30 Å². The van der Waals surface area contributed by atoms with Crippen LogP contribution < -0.4 is 4.74 Å². The zero-order valence-corrected chi connectivity index (χ0v) is 30.7. The molecule has 3 aromatic heterocycles. The van der Waals surface area contributed by atoms with Gasteiger partial charge >= 0.3 is 0 Å². The standard InChI is InChI=1S/C51H33N5O/c1-3-15-32(16-4-1)33-17-13-18-34(31-33)49-52-50(54-51(53-49)56-41-25-10-7-21-36(41)37-22-8-11-26-42(37)56)40-24-14-28-45-46(40)39-29-30-44-47(48(39)57-45)38-23-9-12-27-43(38)55(44)35-19-5-2-6-20-35/h1-31,39,48H. The number of benzene rings is 7. The molecule has 2 atom stereocenters. The summed E-state index contributed by atoms with van der Waals surface area (Å²) < 4.78 is 11.5. The molecule has 1 aliphatic carbocycles. The van der Waals surface area contributed by atoms with E-state index in [4.69, 9.17) is 19.7 Å². The number of aromatic nitrogens is 5. The van der Waals surface area contributed by atoms with Crippen LogP contribution in [0.4, 0.5) is 0 Å². The van der Waals surface area contributed by atoms with Crippen LogP contribution in [0.15, 0.2) is 182 Å². The molecule has 57 heavy (non-hydrogen) atoms. The highest BCUT2D eigenvalue weighted by molar-refractivity contribution is 6.09. The first-order valence-electron chi connectivity index (χ1n) is 19.4. The van der Waals surface area contributed by atoms with Crippen molar-refractivity contribution in [3.63, 3.8) is 0 Å². The zero-order chi connectivity index (χ0) is 37.5. The molecule has 4 heterocycles. The Bertz CT molecular complexity index is 3180. The average molecular weight is 732 g/mol. The van der Waals surface area contributed by atoms with Crippen molar-refractivity contribution in [2.45, 2.75) is 12.0 Å². The van der Waals surface area contributed by atoms with Crippen LogP contribution in [-0.4, -0.2) is 24.1 Å². The molecule has 6 heteroatoms. The van der Waals surface area contributed by atoms with Gasteiger partial charge in [-0.05, 0) is 59.7 Å². The van der Waals surface area contributed by atoms with Crippen LogP contribution in [0.25, 0.3) is 84.3 Å². The van der Waals surface area contributed by atoms with Crippen molar-refractivity contribution in [3.05, 3.63) is 199 Å². The Balaban J connectivity index is 1.07. The van der Waals surface area contributed by atoms with Gasteiger partial charge in [-0.25, -0.2) is 4.98 Å². The summed E-state index contributed by atoms with van der Waals surface area (Å²) >= 11 is 0. The molecule has 0 saturated heterocycles. The third-order valence-electron chi connectivity index (χ3n) is 11.6. The van der Waals surface area contributed by atoms with Gasteiger partial charge in [0.2, 0.25) is 5.95 Å². The summed E-state index contributed by atoms with van der Waals surface area (Å²) in [5.74, 6) is 2.59. The number of rotatable bonds is 5. The predicted molar refractivity (Wildman–Crippen MR) is 229 cm³/mol. The molecule has 7 aromatic carbocycles. The number of hydrogen-bond acceptors (Lipinski definition) is 4. The second kappa shape index (κ2) is 12.5. The lowest BCUT2D eigenvalue weighted by Gasteiger charge is -2.22. The summed E-state index contributed by atoms with van der Waals surface area (Å²) in [6.45, 7) is 0. The fraction of sp³-hybridized carbons (Fsp3) is 0.0392. The lowest BCUT2D eigenvalue weighted by Crippen LogP contribution is -2.14. The molecule has 0 amide bonds. The molecule has 0 fully saturated rings. The summed E-state index contributed by atoms with van der Waals surface area (Å²) in [5.41, 5.74) is 11.9. The lowest BCUT2D eigenvalue weighted by molar-refractivity contribution is 0.224. The number of para-hydroxylation sites is 4. The molecule has 0 spiro atoms. The van der Waals surface area contributed by atoms with Gasteiger partial charge in [0.1, 0.15) is 11.9 Å². The van der Waals surface area contributed by atoms with E-state index < -0.39 is 0 Å². The van der Waals surface area contributed by atoms with Gasteiger partial charge in [0, 0.05) is 50.0 Å². The van der Waals surface area contributed by atoms with Crippen molar-refractivity contribution in [1.29, 1.82) is 0 Å². The molecule has 0 N–H and O–H groups in total. The molecular formula is C51H33N5O. The monoisotopic (exact) mass is 731 g/mol. The van der Waals surface area contributed by atoms with E-state index >= 15 is 0 Å². The minimum Gasteiger partial charge on any atom is -0.484 e. The average Bonchev–Trinajstić information content (AvgIpc) is 3.95. The van der Waals surface area contributed by atoms with Crippen LogP contribution in [0.3, 0.4) is 0 Å². The van der Waals surface area contributed by atoms with Crippen molar-refractivity contribution >= 4 is 38.8 Å². The minimum absolute atomic E-state index is 0.0444. The topological polar surface area (TPSA) is 57.8 Å². The van der Waals surface area contributed by atoms with Crippen LogP contribution >= 0.6 is 0 Å². The maximum Gasteiger partial charge on any atom is 0.238 e.